The van der Waals surface area contributed by atoms with Crippen molar-refractivity contribution in [3.8, 4) is 0 Å². The van der Waals surface area contributed by atoms with E-state index in [0.717, 1.165) is 6.92 Å². The van der Waals surface area contributed by atoms with Gasteiger partial charge in [0, 0.05) is 6.54 Å². The Morgan fingerprint density at radius 3 is 1.81 bits per heavy atom. The minimum Gasteiger partial charge on any atom is -0.357 e. The molecular weight excluding hydrogens is 240 g/mol. The Kier molecular flexibility index (Phi) is 5.54. The molecule has 0 bridgehead atoms. The first-order chi connectivity index (χ1) is 7.09. The SMILES string of the molecule is CCNCC(C)OC(C(F)(F)F)C(F)(F)F. The molecule has 0 spiro atoms. The van der Waals surface area contributed by atoms with Crippen LogP contribution in [0.5, 0.6) is 0 Å². The third-order valence-corrected chi connectivity index (χ3v) is 1.64. The summed E-state index contributed by atoms with van der Waals surface area (Å²) in [5.74, 6) is 0. The van der Waals surface area contributed by atoms with Gasteiger partial charge in [0.05, 0.1) is 6.10 Å². The van der Waals surface area contributed by atoms with E-state index in [1.165, 1.54) is 0 Å². The predicted octanol–water partition coefficient (Wildman–Crippen LogP) is 2.49. The summed E-state index contributed by atoms with van der Waals surface area (Å²) in [6.45, 7) is 3.19. The van der Waals surface area contributed by atoms with Crippen molar-refractivity contribution in [1.29, 1.82) is 0 Å². The summed E-state index contributed by atoms with van der Waals surface area (Å²) in [5, 5.41) is 2.60. The molecule has 0 saturated heterocycles. The van der Waals surface area contributed by atoms with Crippen LogP contribution >= 0.6 is 0 Å². The second-order valence-electron chi connectivity index (χ2n) is 3.22. The van der Waals surface area contributed by atoms with Crippen molar-refractivity contribution < 1.29 is 31.1 Å². The Labute approximate surface area is 89.0 Å². The van der Waals surface area contributed by atoms with Gasteiger partial charge in [-0.15, -0.1) is 0 Å². The van der Waals surface area contributed by atoms with Gasteiger partial charge in [0.25, 0.3) is 0 Å². The Bertz CT molecular complexity index is 188. The number of likely N-dealkylation sites (N-methyl/N-ethyl adjacent to an activating group) is 1. The van der Waals surface area contributed by atoms with Gasteiger partial charge in [0.1, 0.15) is 0 Å². The quantitative estimate of drug-likeness (QED) is 0.760. The molecule has 0 radical (unpaired) electrons. The number of rotatable bonds is 5. The van der Waals surface area contributed by atoms with E-state index in [0.29, 0.717) is 6.54 Å². The first-order valence-electron chi connectivity index (χ1n) is 4.58. The van der Waals surface area contributed by atoms with E-state index in [2.05, 4.69) is 10.1 Å². The average Bonchev–Trinajstić information content (AvgIpc) is 2.07. The standard InChI is InChI=1S/C8H13F6NO/c1-3-15-4-5(2)16-6(7(9,10)11)8(12,13)14/h5-6,15H,3-4H2,1-2H3. The zero-order valence-corrected chi connectivity index (χ0v) is 8.74. The van der Waals surface area contributed by atoms with Gasteiger partial charge < -0.3 is 10.1 Å². The maximum Gasteiger partial charge on any atom is 0.423 e. The molecule has 0 saturated carbocycles. The first-order valence-corrected chi connectivity index (χ1v) is 4.58. The van der Waals surface area contributed by atoms with Gasteiger partial charge in [-0.25, -0.2) is 0 Å². The lowest BCUT2D eigenvalue weighted by atomic mass is 10.3. The largest absolute Gasteiger partial charge is 0.423 e. The van der Waals surface area contributed by atoms with Crippen molar-refractivity contribution in [2.75, 3.05) is 13.1 Å². The third kappa shape index (κ3) is 5.55. The molecule has 8 heteroatoms. The molecule has 0 aliphatic rings. The van der Waals surface area contributed by atoms with Crippen LogP contribution in [-0.4, -0.2) is 37.7 Å². The molecule has 0 amide bonds. The summed E-state index contributed by atoms with van der Waals surface area (Å²) in [5.41, 5.74) is 0. The molecule has 1 atom stereocenters. The van der Waals surface area contributed by atoms with E-state index in [9.17, 15) is 26.3 Å². The normalized spacial score (nSPS) is 15.6. The Morgan fingerprint density at radius 1 is 1.06 bits per heavy atom. The second kappa shape index (κ2) is 5.72. The van der Waals surface area contributed by atoms with Crippen molar-refractivity contribution in [2.24, 2.45) is 0 Å². The highest BCUT2D eigenvalue weighted by Gasteiger charge is 2.58. The van der Waals surface area contributed by atoms with Gasteiger partial charge >= 0.3 is 12.4 Å². The van der Waals surface area contributed by atoms with E-state index in [4.69, 9.17) is 0 Å². The van der Waals surface area contributed by atoms with Crippen LogP contribution in [0.15, 0.2) is 0 Å². The topological polar surface area (TPSA) is 21.3 Å². The van der Waals surface area contributed by atoms with E-state index >= 15 is 0 Å². The van der Waals surface area contributed by atoms with Crippen LogP contribution in [0.3, 0.4) is 0 Å². The summed E-state index contributed by atoms with van der Waals surface area (Å²) in [6.07, 6.45) is -15.8. The van der Waals surface area contributed by atoms with Crippen molar-refractivity contribution in [3.63, 3.8) is 0 Å². The fraction of sp³-hybridized carbons (Fsp3) is 1.00. The molecule has 0 fully saturated rings. The number of ether oxygens (including phenoxy) is 1. The number of hydrogen-bond donors (Lipinski definition) is 1. The lowest BCUT2D eigenvalue weighted by molar-refractivity contribution is -0.329. The summed E-state index contributed by atoms with van der Waals surface area (Å²) in [4.78, 5) is 0. The van der Waals surface area contributed by atoms with Crippen LogP contribution in [-0.2, 0) is 4.74 Å². The highest BCUT2D eigenvalue weighted by atomic mass is 19.4. The molecule has 2 nitrogen and oxygen atoms in total. The Morgan fingerprint density at radius 2 is 1.50 bits per heavy atom. The van der Waals surface area contributed by atoms with Crippen LogP contribution in [0.1, 0.15) is 13.8 Å². The monoisotopic (exact) mass is 253 g/mol. The van der Waals surface area contributed by atoms with E-state index in [1.807, 2.05) is 0 Å². The highest BCUT2D eigenvalue weighted by Crippen LogP contribution is 2.36. The fourth-order valence-electron chi connectivity index (χ4n) is 0.968. The zero-order chi connectivity index (χ0) is 13.0. The predicted molar refractivity (Wildman–Crippen MR) is 45.0 cm³/mol. The summed E-state index contributed by atoms with van der Waals surface area (Å²) in [6, 6.07) is 0. The maximum atomic E-state index is 12.0. The van der Waals surface area contributed by atoms with Gasteiger partial charge in [0.15, 0.2) is 0 Å². The van der Waals surface area contributed by atoms with E-state index in [-0.39, 0.29) is 6.54 Å². The lowest BCUT2D eigenvalue weighted by Crippen LogP contribution is -2.47. The summed E-state index contributed by atoms with van der Waals surface area (Å²) in [7, 11) is 0. The molecule has 98 valence electrons. The van der Waals surface area contributed by atoms with Crippen molar-refractivity contribution in [3.05, 3.63) is 0 Å². The molecule has 1 unspecified atom stereocenters. The molecule has 0 rings (SSSR count). The number of alkyl halides is 6. The maximum absolute atomic E-state index is 12.0. The third-order valence-electron chi connectivity index (χ3n) is 1.64. The molecule has 0 heterocycles. The number of halogens is 6. The highest BCUT2D eigenvalue weighted by molar-refractivity contribution is 4.77. The van der Waals surface area contributed by atoms with E-state index in [1.54, 1.807) is 6.92 Å². The smallest absolute Gasteiger partial charge is 0.357 e. The Balaban J connectivity index is 4.45. The van der Waals surface area contributed by atoms with Gasteiger partial charge in [-0.3, -0.25) is 0 Å². The first kappa shape index (κ1) is 15.5. The number of hydrogen-bond acceptors (Lipinski definition) is 2. The minimum atomic E-state index is -5.45. The molecule has 1 N–H and O–H groups in total. The van der Waals surface area contributed by atoms with Gasteiger partial charge in [-0.05, 0) is 13.5 Å². The lowest BCUT2D eigenvalue weighted by Gasteiger charge is -2.26. The van der Waals surface area contributed by atoms with Crippen molar-refractivity contribution in [1.82, 2.24) is 5.32 Å². The van der Waals surface area contributed by atoms with Gasteiger partial charge in [0.2, 0.25) is 6.10 Å². The molecule has 0 aromatic rings. The Hall–Kier alpha value is -0.500. The molecule has 0 aromatic carbocycles. The molecule has 0 aliphatic heterocycles. The van der Waals surface area contributed by atoms with Crippen molar-refractivity contribution in [2.45, 2.75) is 38.4 Å². The van der Waals surface area contributed by atoms with Crippen molar-refractivity contribution >= 4 is 0 Å². The summed E-state index contributed by atoms with van der Waals surface area (Å²) < 4.78 is 76.2. The summed E-state index contributed by atoms with van der Waals surface area (Å²) >= 11 is 0. The molecule has 0 aliphatic carbocycles. The molecule has 16 heavy (non-hydrogen) atoms. The van der Waals surface area contributed by atoms with Crippen LogP contribution in [0.2, 0.25) is 0 Å². The van der Waals surface area contributed by atoms with Crippen LogP contribution < -0.4 is 5.32 Å². The zero-order valence-electron chi connectivity index (χ0n) is 8.74. The van der Waals surface area contributed by atoms with Crippen LogP contribution in [0.25, 0.3) is 0 Å². The minimum absolute atomic E-state index is 0.0703. The van der Waals surface area contributed by atoms with Crippen LogP contribution in [0.4, 0.5) is 26.3 Å². The second-order valence-corrected chi connectivity index (χ2v) is 3.22. The average molecular weight is 253 g/mol. The molecule has 0 aromatic heterocycles. The van der Waals surface area contributed by atoms with Crippen LogP contribution in [0, 0.1) is 0 Å². The van der Waals surface area contributed by atoms with Gasteiger partial charge in [-0.2, -0.15) is 26.3 Å². The fourth-order valence-corrected chi connectivity index (χ4v) is 0.968. The van der Waals surface area contributed by atoms with Gasteiger partial charge in [-0.1, -0.05) is 6.92 Å². The molecular formula is C8H13F6NO. The number of nitrogens with one attached hydrogen (secondary N) is 1. The van der Waals surface area contributed by atoms with E-state index < -0.39 is 24.6 Å².